The molecule has 2 heterocycles. The Balaban J connectivity index is 2.01. The van der Waals surface area contributed by atoms with Crippen molar-refractivity contribution in [2.24, 2.45) is 5.73 Å². The zero-order valence-corrected chi connectivity index (χ0v) is 8.77. The van der Waals surface area contributed by atoms with E-state index in [1.165, 1.54) is 0 Å². The van der Waals surface area contributed by atoms with Crippen molar-refractivity contribution in [3.05, 3.63) is 0 Å². The first-order chi connectivity index (χ1) is 6.11. The molecule has 0 aromatic rings. The van der Waals surface area contributed by atoms with E-state index >= 15 is 0 Å². The van der Waals surface area contributed by atoms with Crippen molar-refractivity contribution in [2.75, 3.05) is 18.8 Å². The van der Waals surface area contributed by atoms with Crippen molar-refractivity contribution < 1.29 is 4.79 Å². The molecule has 2 atom stereocenters. The van der Waals surface area contributed by atoms with E-state index in [4.69, 9.17) is 5.73 Å². The van der Waals surface area contributed by atoms with Crippen molar-refractivity contribution in [3.8, 4) is 0 Å². The zero-order chi connectivity index (χ0) is 9.47. The Hall–Kier alpha value is -0.220. The fourth-order valence-electron chi connectivity index (χ4n) is 2.28. The maximum atomic E-state index is 11.2. The molecule has 1 amide bonds. The molecule has 74 valence electrons. The van der Waals surface area contributed by atoms with E-state index < -0.39 is 0 Å². The van der Waals surface area contributed by atoms with Gasteiger partial charge in [-0.25, -0.2) is 0 Å². The van der Waals surface area contributed by atoms with Gasteiger partial charge in [-0.1, -0.05) is 0 Å². The highest BCUT2D eigenvalue weighted by Gasteiger charge is 2.44. The lowest BCUT2D eigenvalue weighted by atomic mass is 10.0. The number of carbonyl (C=O) groups is 1. The lowest BCUT2D eigenvalue weighted by Gasteiger charge is -2.22. The van der Waals surface area contributed by atoms with Crippen LogP contribution in [0.5, 0.6) is 0 Å². The molecule has 1 spiro atoms. The molecular formula is C9H16N2OS. The van der Waals surface area contributed by atoms with E-state index in [-0.39, 0.29) is 5.91 Å². The summed E-state index contributed by atoms with van der Waals surface area (Å²) >= 11 is 1.96. The highest BCUT2D eigenvalue weighted by Crippen LogP contribution is 2.44. The Morgan fingerprint density at radius 2 is 2.46 bits per heavy atom. The minimum Gasteiger partial charge on any atom is -0.341 e. The lowest BCUT2D eigenvalue weighted by Crippen LogP contribution is -2.32. The Morgan fingerprint density at radius 1 is 1.69 bits per heavy atom. The first-order valence-corrected chi connectivity index (χ1v) is 5.75. The number of hydrogen-bond donors (Lipinski definition) is 1. The molecule has 13 heavy (non-hydrogen) atoms. The van der Waals surface area contributed by atoms with Crippen molar-refractivity contribution in [1.29, 1.82) is 0 Å². The summed E-state index contributed by atoms with van der Waals surface area (Å²) in [6, 6.07) is 0.344. The number of likely N-dealkylation sites (tertiary alicyclic amines) is 1. The summed E-state index contributed by atoms with van der Waals surface area (Å²) < 4.78 is 0.311. The van der Waals surface area contributed by atoms with Gasteiger partial charge in [-0.05, 0) is 12.8 Å². The summed E-state index contributed by atoms with van der Waals surface area (Å²) in [6.07, 6.45) is 2.21. The number of nitrogens with zero attached hydrogens (tertiary/aromatic N) is 1. The molecule has 2 aliphatic heterocycles. The van der Waals surface area contributed by atoms with Crippen LogP contribution in [0.15, 0.2) is 0 Å². The molecule has 2 fully saturated rings. The molecule has 3 nitrogen and oxygen atoms in total. The third-order valence-corrected chi connectivity index (χ3v) is 4.71. The monoisotopic (exact) mass is 200 g/mol. The molecule has 2 N–H and O–H groups in total. The number of amides is 1. The smallest absolute Gasteiger partial charge is 0.219 e. The van der Waals surface area contributed by atoms with E-state index in [0.717, 1.165) is 31.7 Å². The fraction of sp³-hybridized carbons (Fsp3) is 0.889. The van der Waals surface area contributed by atoms with Gasteiger partial charge in [0.2, 0.25) is 5.91 Å². The third-order valence-electron chi connectivity index (χ3n) is 3.00. The van der Waals surface area contributed by atoms with Crippen LogP contribution in [0.1, 0.15) is 19.8 Å². The summed E-state index contributed by atoms with van der Waals surface area (Å²) in [5, 5.41) is 0. The van der Waals surface area contributed by atoms with E-state index in [1.807, 2.05) is 16.7 Å². The minimum absolute atomic E-state index is 0.206. The SMILES string of the molecule is CC(=O)N1CCC2(CC(N)CS2)C1. The second-order valence-corrected chi connectivity index (χ2v) is 5.64. The van der Waals surface area contributed by atoms with E-state index in [2.05, 4.69) is 0 Å². The molecule has 2 saturated heterocycles. The summed E-state index contributed by atoms with van der Waals surface area (Å²) in [7, 11) is 0. The lowest BCUT2D eigenvalue weighted by molar-refractivity contribution is -0.127. The van der Waals surface area contributed by atoms with E-state index in [0.29, 0.717) is 10.8 Å². The van der Waals surface area contributed by atoms with Crippen molar-refractivity contribution in [2.45, 2.75) is 30.6 Å². The molecule has 0 aliphatic carbocycles. The molecule has 0 radical (unpaired) electrons. The first-order valence-electron chi connectivity index (χ1n) is 4.76. The van der Waals surface area contributed by atoms with E-state index in [9.17, 15) is 4.79 Å². The molecule has 4 heteroatoms. The molecule has 0 saturated carbocycles. The maximum Gasteiger partial charge on any atom is 0.219 e. The first kappa shape index (κ1) is 9.34. The Kier molecular flexibility index (Phi) is 2.28. The van der Waals surface area contributed by atoms with Crippen LogP contribution in [-0.4, -0.2) is 40.4 Å². The van der Waals surface area contributed by atoms with Crippen LogP contribution < -0.4 is 5.73 Å². The predicted octanol–water partition coefficient (Wildman–Crippen LogP) is 0.442. The molecule has 0 bridgehead atoms. The molecule has 0 aromatic carbocycles. The van der Waals surface area contributed by atoms with Gasteiger partial charge in [0.15, 0.2) is 0 Å². The van der Waals surface area contributed by atoms with Crippen LogP contribution in [0.25, 0.3) is 0 Å². The normalized spacial score (nSPS) is 38.9. The van der Waals surface area contributed by atoms with Crippen LogP contribution >= 0.6 is 11.8 Å². The quantitative estimate of drug-likeness (QED) is 0.617. The number of thioether (sulfide) groups is 1. The largest absolute Gasteiger partial charge is 0.341 e. The fourth-order valence-corrected chi connectivity index (χ4v) is 3.78. The average molecular weight is 200 g/mol. The second-order valence-electron chi connectivity index (χ2n) is 4.15. The van der Waals surface area contributed by atoms with Gasteiger partial charge in [0.1, 0.15) is 0 Å². The van der Waals surface area contributed by atoms with Crippen LogP contribution in [0, 0.1) is 0 Å². The molecule has 2 rings (SSSR count). The molecule has 0 aromatic heterocycles. The number of hydrogen-bond acceptors (Lipinski definition) is 3. The molecule has 2 aliphatic rings. The predicted molar refractivity (Wildman–Crippen MR) is 54.7 cm³/mol. The number of nitrogens with two attached hydrogens (primary N) is 1. The van der Waals surface area contributed by atoms with Gasteiger partial charge in [-0.15, -0.1) is 0 Å². The molecular weight excluding hydrogens is 184 g/mol. The maximum absolute atomic E-state index is 11.2. The van der Waals surface area contributed by atoms with Crippen LogP contribution in [0.4, 0.5) is 0 Å². The third kappa shape index (κ3) is 1.70. The van der Waals surface area contributed by atoms with Gasteiger partial charge in [-0.2, -0.15) is 11.8 Å². The van der Waals surface area contributed by atoms with Gasteiger partial charge in [0, 0.05) is 36.6 Å². The molecule has 2 unspecified atom stereocenters. The number of carbonyl (C=O) groups excluding carboxylic acids is 1. The van der Waals surface area contributed by atoms with Gasteiger partial charge in [0.05, 0.1) is 0 Å². The standard InChI is InChI=1S/C9H16N2OS/c1-7(12)11-3-2-9(6-11)4-8(10)5-13-9/h8H,2-6,10H2,1H3. The van der Waals surface area contributed by atoms with E-state index in [1.54, 1.807) is 6.92 Å². The Labute approximate surface area is 83.0 Å². The summed E-state index contributed by atoms with van der Waals surface area (Å²) in [4.78, 5) is 13.1. The Morgan fingerprint density at radius 3 is 2.92 bits per heavy atom. The van der Waals surface area contributed by atoms with Crippen LogP contribution in [0.2, 0.25) is 0 Å². The highest BCUT2D eigenvalue weighted by molar-refractivity contribution is 8.01. The van der Waals surface area contributed by atoms with Gasteiger partial charge < -0.3 is 10.6 Å². The second kappa shape index (κ2) is 3.17. The highest BCUT2D eigenvalue weighted by atomic mass is 32.2. The topological polar surface area (TPSA) is 46.3 Å². The van der Waals surface area contributed by atoms with Crippen molar-refractivity contribution >= 4 is 17.7 Å². The van der Waals surface area contributed by atoms with Crippen LogP contribution in [0.3, 0.4) is 0 Å². The summed E-state index contributed by atoms with van der Waals surface area (Å²) in [6.45, 7) is 3.49. The minimum atomic E-state index is 0.206. The Bertz CT molecular complexity index is 234. The van der Waals surface area contributed by atoms with Crippen molar-refractivity contribution in [1.82, 2.24) is 4.90 Å². The van der Waals surface area contributed by atoms with Crippen LogP contribution in [-0.2, 0) is 4.79 Å². The van der Waals surface area contributed by atoms with Crippen molar-refractivity contribution in [3.63, 3.8) is 0 Å². The number of rotatable bonds is 0. The summed E-state index contributed by atoms with van der Waals surface area (Å²) in [5.41, 5.74) is 5.89. The average Bonchev–Trinajstić information content (AvgIpc) is 2.61. The summed E-state index contributed by atoms with van der Waals surface area (Å²) in [5.74, 6) is 1.27. The van der Waals surface area contributed by atoms with Gasteiger partial charge in [0.25, 0.3) is 0 Å². The van der Waals surface area contributed by atoms with Gasteiger partial charge in [-0.3, -0.25) is 4.79 Å². The zero-order valence-electron chi connectivity index (χ0n) is 7.95. The van der Waals surface area contributed by atoms with Gasteiger partial charge >= 0.3 is 0 Å².